The lowest BCUT2D eigenvalue weighted by Crippen LogP contribution is -2.51. The van der Waals surface area contributed by atoms with Crippen molar-refractivity contribution in [2.24, 2.45) is 11.7 Å². The molecule has 114 valence electrons. The molecule has 6 heteroatoms. The molecule has 1 aromatic heterocycles. The molecule has 0 bridgehead atoms. The summed E-state index contributed by atoms with van der Waals surface area (Å²) in [7, 11) is 0. The highest BCUT2D eigenvalue weighted by atomic mass is 16.2. The molecule has 6 nitrogen and oxygen atoms in total. The van der Waals surface area contributed by atoms with Crippen LogP contribution in [0.2, 0.25) is 0 Å². The monoisotopic (exact) mass is 289 g/mol. The number of amides is 1. The van der Waals surface area contributed by atoms with E-state index in [1.54, 1.807) is 12.4 Å². The van der Waals surface area contributed by atoms with Gasteiger partial charge in [0.25, 0.3) is 0 Å². The number of piperazine rings is 1. The Morgan fingerprint density at radius 2 is 1.67 bits per heavy atom. The molecule has 0 radical (unpaired) electrons. The molecule has 1 saturated heterocycles. The number of rotatable bonds is 2. The number of nitrogens with zero attached hydrogens (tertiary/aromatic N) is 4. The third-order valence-electron chi connectivity index (χ3n) is 4.55. The molecule has 0 atom stereocenters. The second kappa shape index (κ2) is 6.39. The molecule has 21 heavy (non-hydrogen) atoms. The van der Waals surface area contributed by atoms with E-state index in [2.05, 4.69) is 14.9 Å². The number of hydrogen-bond donors (Lipinski definition) is 1. The van der Waals surface area contributed by atoms with Gasteiger partial charge in [-0.05, 0) is 31.7 Å². The average Bonchev–Trinajstić information content (AvgIpc) is 2.56. The van der Waals surface area contributed by atoms with Crippen molar-refractivity contribution in [2.45, 2.75) is 31.7 Å². The van der Waals surface area contributed by atoms with E-state index in [1.807, 2.05) is 11.0 Å². The van der Waals surface area contributed by atoms with Gasteiger partial charge in [-0.1, -0.05) is 0 Å². The molecule has 2 N–H and O–H groups in total. The molecular formula is C15H23N5O. The topological polar surface area (TPSA) is 75.4 Å². The Kier molecular flexibility index (Phi) is 4.34. The second-order valence-corrected chi connectivity index (χ2v) is 5.97. The van der Waals surface area contributed by atoms with Gasteiger partial charge in [-0.25, -0.2) is 9.97 Å². The molecule has 0 unspecified atom stereocenters. The van der Waals surface area contributed by atoms with Gasteiger partial charge in [0.15, 0.2) is 0 Å². The van der Waals surface area contributed by atoms with Gasteiger partial charge in [0, 0.05) is 50.5 Å². The Labute approximate surface area is 125 Å². The van der Waals surface area contributed by atoms with Crippen molar-refractivity contribution in [3.05, 3.63) is 18.5 Å². The summed E-state index contributed by atoms with van der Waals surface area (Å²) >= 11 is 0. The van der Waals surface area contributed by atoms with Gasteiger partial charge in [-0.15, -0.1) is 0 Å². The number of anilines is 1. The Balaban J connectivity index is 1.52. The standard InChI is InChI=1S/C15H23N5O/c16-13-4-2-12(3-5-13)14(21)19-8-10-20(11-9-19)15-17-6-1-7-18-15/h1,6-7,12-13H,2-5,8-11,16H2. The lowest BCUT2D eigenvalue weighted by Gasteiger charge is -2.37. The van der Waals surface area contributed by atoms with Gasteiger partial charge in [-0.3, -0.25) is 4.79 Å². The Morgan fingerprint density at radius 3 is 2.29 bits per heavy atom. The van der Waals surface area contributed by atoms with Crippen LogP contribution in [-0.4, -0.2) is 53.0 Å². The molecule has 2 heterocycles. The molecule has 1 aliphatic carbocycles. The van der Waals surface area contributed by atoms with E-state index in [9.17, 15) is 4.79 Å². The van der Waals surface area contributed by atoms with Gasteiger partial charge in [0.1, 0.15) is 0 Å². The zero-order chi connectivity index (χ0) is 14.7. The van der Waals surface area contributed by atoms with E-state index in [1.165, 1.54) is 0 Å². The van der Waals surface area contributed by atoms with Crippen LogP contribution in [-0.2, 0) is 4.79 Å². The average molecular weight is 289 g/mol. The highest BCUT2D eigenvalue weighted by Gasteiger charge is 2.30. The van der Waals surface area contributed by atoms with Crippen molar-refractivity contribution >= 4 is 11.9 Å². The highest BCUT2D eigenvalue weighted by Crippen LogP contribution is 2.25. The summed E-state index contributed by atoms with van der Waals surface area (Å²) in [5.74, 6) is 1.26. The fourth-order valence-corrected chi connectivity index (χ4v) is 3.21. The summed E-state index contributed by atoms with van der Waals surface area (Å²) in [5.41, 5.74) is 5.91. The predicted octanol–water partition coefficient (Wildman–Crippen LogP) is 0.643. The number of hydrogen-bond acceptors (Lipinski definition) is 5. The first kappa shape index (κ1) is 14.3. The van der Waals surface area contributed by atoms with Gasteiger partial charge >= 0.3 is 0 Å². The quantitative estimate of drug-likeness (QED) is 0.865. The van der Waals surface area contributed by atoms with Crippen LogP contribution in [0, 0.1) is 5.92 Å². The molecule has 2 fully saturated rings. The number of aromatic nitrogens is 2. The fraction of sp³-hybridized carbons (Fsp3) is 0.667. The largest absolute Gasteiger partial charge is 0.339 e. The third kappa shape index (κ3) is 3.32. The zero-order valence-electron chi connectivity index (χ0n) is 12.3. The van der Waals surface area contributed by atoms with Crippen molar-refractivity contribution in [1.82, 2.24) is 14.9 Å². The van der Waals surface area contributed by atoms with E-state index < -0.39 is 0 Å². The number of nitrogens with two attached hydrogens (primary N) is 1. The first-order chi connectivity index (χ1) is 10.2. The van der Waals surface area contributed by atoms with Crippen LogP contribution in [0.4, 0.5) is 5.95 Å². The van der Waals surface area contributed by atoms with Crippen molar-refractivity contribution in [3.8, 4) is 0 Å². The lowest BCUT2D eigenvalue weighted by atomic mass is 9.85. The van der Waals surface area contributed by atoms with Crippen LogP contribution in [0.1, 0.15) is 25.7 Å². The Hall–Kier alpha value is -1.69. The minimum atomic E-state index is 0.185. The van der Waals surface area contributed by atoms with Gasteiger partial charge < -0.3 is 15.5 Å². The first-order valence-electron chi connectivity index (χ1n) is 7.80. The molecule has 2 aliphatic rings. The number of carbonyl (C=O) groups excluding carboxylic acids is 1. The zero-order valence-corrected chi connectivity index (χ0v) is 12.3. The van der Waals surface area contributed by atoms with E-state index in [0.717, 1.165) is 57.8 Å². The van der Waals surface area contributed by atoms with Crippen LogP contribution < -0.4 is 10.6 Å². The molecule has 1 saturated carbocycles. The van der Waals surface area contributed by atoms with Crippen molar-refractivity contribution in [2.75, 3.05) is 31.1 Å². The normalized spacial score (nSPS) is 26.7. The maximum atomic E-state index is 12.5. The Bertz CT molecular complexity index is 464. The second-order valence-electron chi connectivity index (χ2n) is 5.97. The van der Waals surface area contributed by atoms with Crippen molar-refractivity contribution < 1.29 is 4.79 Å². The molecule has 0 spiro atoms. The molecule has 1 amide bonds. The van der Waals surface area contributed by atoms with Crippen LogP contribution in [0.25, 0.3) is 0 Å². The fourth-order valence-electron chi connectivity index (χ4n) is 3.21. The van der Waals surface area contributed by atoms with Crippen LogP contribution in [0.15, 0.2) is 18.5 Å². The Morgan fingerprint density at radius 1 is 1.05 bits per heavy atom. The smallest absolute Gasteiger partial charge is 0.225 e. The summed E-state index contributed by atoms with van der Waals surface area (Å²) in [4.78, 5) is 25.2. The van der Waals surface area contributed by atoms with E-state index in [-0.39, 0.29) is 5.92 Å². The van der Waals surface area contributed by atoms with Gasteiger partial charge in [0.2, 0.25) is 11.9 Å². The first-order valence-corrected chi connectivity index (χ1v) is 7.80. The molecule has 0 aromatic carbocycles. The summed E-state index contributed by atoms with van der Waals surface area (Å²) < 4.78 is 0. The minimum absolute atomic E-state index is 0.185. The predicted molar refractivity (Wildman–Crippen MR) is 80.8 cm³/mol. The van der Waals surface area contributed by atoms with Gasteiger partial charge in [-0.2, -0.15) is 0 Å². The lowest BCUT2D eigenvalue weighted by molar-refractivity contribution is -0.136. The molecule has 1 aliphatic heterocycles. The maximum absolute atomic E-state index is 12.5. The number of carbonyl (C=O) groups is 1. The van der Waals surface area contributed by atoms with Crippen LogP contribution >= 0.6 is 0 Å². The molecule has 3 rings (SSSR count). The molecular weight excluding hydrogens is 266 g/mol. The van der Waals surface area contributed by atoms with E-state index >= 15 is 0 Å². The van der Waals surface area contributed by atoms with Crippen molar-refractivity contribution in [1.29, 1.82) is 0 Å². The van der Waals surface area contributed by atoms with Crippen LogP contribution in [0.3, 0.4) is 0 Å². The molecule has 1 aromatic rings. The van der Waals surface area contributed by atoms with Crippen molar-refractivity contribution in [3.63, 3.8) is 0 Å². The van der Waals surface area contributed by atoms with Gasteiger partial charge in [0.05, 0.1) is 0 Å². The summed E-state index contributed by atoms with van der Waals surface area (Å²) in [6, 6.07) is 2.11. The highest BCUT2D eigenvalue weighted by molar-refractivity contribution is 5.79. The van der Waals surface area contributed by atoms with E-state index in [4.69, 9.17) is 5.73 Å². The summed E-state index contributed by atoms with van der Waals surface area (Å²) in [6.45, 7) is 3.14. The summed E-state index contributed by atoms with van der Waals surface area (Å²) in [5, 5.41) is 0. The minimum Gasteiger partial charge on any atom is -0.339 e. The van der Waals surface area contributed by atoms with Crippen LogP contribution in [0.5, 0.6) is 0 Å². The summed E-state index contributed by atoms with van der Waals surface area (Å²) in [6.07, 6.45) is 7.36. The maximum Gasteiger partial charge on any atom is 0.225 e. The third-order valence-corrected chi connectivity index (χ3v) is 4.55. The SMILES string of the molecule is NC1CCC(C(=O)N2CCN(c3ncccn3)CC2)CC1. The van der Waals surface area contributed by atoms with E-state index in [0.29, 0.717) is 11.9 Å².